The summed E-state index contributed by atoms with van der Waals surface area (Å²) >= 11 is 0. The molecule has 1 fully saturated rings. The predicted octanol–water partition coefficient (Wildman–Crippen LogP) is 1.32. The zero-order valence-electron chi connectivity index (χ0n) is 12.6. The number of nitrogens with one attached hydrogen (secondary N) is 2. The van der Waals surface area contributed by atoms with Crippen LogP contribution in [0.2, 0.25) is 0 Å². The van der Waals surface area contributed by atoms with Crippen molar-refractivity contribution < 1.29 is 21.9 Å². The molecule has 1 heterocycles. The summed E-state index contributed by atoms with van der Waals surface area (Å²) in [6, 6.07) is 1.58. The zero-order valence-corrected chi connectivity index (χ0v) is 13.4. The fourth-order valence-corrected chi connectivity index (χ4v) is 3.81. The second-order valence-corrected chi connectivity index (χ2v) is 7.34. The minimum absolute atomic E-state index is 0.0537. The molecular weight excluding hydrogens is 314 g/mol. The molecule has 2 N–H and O–H groups in total. The fourth-order valence-electron chi connectivity index (χ4n) is 2.62. The van der Waals surface area contributed by atoms with E-state index in [1.807, 2.05) is 0 Å². The third-order valence-corrected chi connectivity index (χ3v) is 5.27. The first-order chi connectivity index (χ1) is 10.3. The summed E-state index contributed by atoms with van der Waals surface area (Å²) in [5.41, 5.74) is -0.452. The lowest BCUT2D eigenvalue weighted by molar-refractivity contribution is 0.122. The van der Waals surface area contributed by atoms with E-state index >= 15 is 0 Å². The van der Waals surface area contributed by atoms with E-state index in [0.29, 0.717) is 12.7 Å². The minimum Gasteiger partial charge on any atom is -0.383 e. The molecule has 0 aliphatic carbocycles. The monoisotopic (exact) mass is 334 g/mol. The first kappa shape index (κ1) is 17.3. The Labute approximate surface area is 129 Å². The van der Waals surface area contributed by atoms with Crippen LogP contribution in [0, 0.1) is 18.6 Å². The molecule has 2 rings (SSSR count). The molecule has 5 nitrogen and oxygen atoms in total. The molecule has 1 aromatic carbocycles. The Hall–Kier alpha value is -1.09. The summed E-state index contributed by atoms with van der Waals surface area (Å²) in [5.74, 6) is -1.72. The molecule has 1 aromatic rings. The van der Waals surface area contributed by atoms with Crippen LogP contribution in [0.1, 0.15) is 18.4 Å². The highest BCUT2D eigenvalue weighted by atomic mass is 32.2. The number of methoxy groups -OCH3 is 1. The smallest absolute Gasteiger partial charge is 0.243 e. The number of rotatable bonds is 6. The largest absolute Gasteiger partial charge is 0.383 e. The van der Waals surface area contributed by atoms with E-state index < -0.39 is 32.1 Å². The van der Waals surface area contributed by atoms with Gasteiger partial charge in [-0.15, -0.1) is 0 Å². The van der Waals surface area contributed by atoms with Crippen molar-refractivity contribution in [2.45, 2.75) is 30.2 Å². The third kappa shape index (κ3) is 3.62. The maximum absolute atomic E-state index is 13.8. The molecular formula is C14H20F2N2O3S. The SMILES string of the molecule is COCC1(CNS(=O)(=O)c2cc(F)c(C)cc2F)CCCN1. The Kier molecular flexibility index (Phi) is 5.16. The second kappa shape index (κ2) is 6.57. The van der Waals surface area contributed by atoms with Gasteiger partial charge >= 0.3 is 0 Å². The molecule has 0 amide bonds. The van der Waals surface area contributed by atoms with Gasteiger partial charge in [-0.3, -0.25) is 0 Å². The van der Waals surface area contributed by atoms with Crippen molar-refractivity contribution in [2.75, 3.05) is 26.8 Å². The number of hydrogen-bond donors (Lipinski definition) is 2. The predicted molar refractivity (Wildman–Crippen MR) is 78.1 cm³/mol. The van der Waals surface area contributed by atoms with Crippen LogP contribution in [0.5, 0.6) is 0 Å². The van der Waals surface area contributed by atoms with E-state index in [1.54, 1.807) is 0 Å². The van der Waals surface area contributed by atoms with Crippen LogP contribution in [0.3, 0.4) is 0 Å². The molecule has 1 aliphatic heterocycles. The summed E-state index contributed by atoms with van der Waals surface area (Å²) in [6.45, 7) is 2.52. The van der Waals surface area contributed by atoms with E-state index in [-0.39, 0.29) is 12.1 Å². The van der Waals surface area contributed by atoms with E-state index in [0.717, 1.165) is 25.5 Å². The zero-order chi connectivity index (χ0) is 16.4. The van der Waals surface area contributed by atoms with Crippen molar-refractivity contribution in [1.29, 1.82) is 0 Å². The van der Waals surface area contributed by atoms with Gasteiger partial charge in [0.05, 0.1) is 12.1 Å². The van der Waals surface area contributed by atoms with Gasteiger partial charge in [-0.1, -0.05) is 0 Å². The molecule has 22 heavy (non-hydrogen) atoms. The standard InChI is InChI=1S/C14H20F2N2O3S/c1-10-6-12(16)13(7-11(10)15)22(19,20)18-8-14(9-21-2)4-3-5-17-14/h6-7,17-18H,3-5,8-9H2,1-2H3. The van der Waals surface area contributed by atoms with Gasteiger partial charge in [-0.25, -0.2) is 21.9 Å². The van der Waals surface area contributed by atoms with Crippen LogP contribution in [0.4, 0.5) is 8.78 Å². The van der Waals surface area contributed by atoms with Gasteiger partial charge in [0.1, 0.15) is 16.5 Å². The molecule has 1 saturated heterocycles. The Balaban J connectivity index is 2.19. The molecule has 0 bridgehead atoms. The lowest BCUT2D eigenvalue weighted by atomic mass is 9.99. The van der Waals surface area contributed by atoms with Crippen molar-refractivity contribution >= 4 is 10.0 Å². The van der Waals surface area contributed by atoms with Crippen LogP contribution < -0.4 is 10.0 Å². The van der Waals surface area contributed by atoms with Crippen LogP contribution >= 0.6 is 0 Å². The molecule has 0 radical (unpaired) electrons. The van der Waals surface area contributed by atoms with Gasteiger partial charge in [0.2, 0.25) is 10.0 Å². The lowest BCUT2D eigenvalue weighted by Gasteiger charge is -2.28. The molecule has 8 heteroatoms. The Bertz CT molecular complexity index is 644. The number of aryl methyl sites for hydroxylation is 1. The van der Waals surface area contributed by atoms with Crippen molar-refractivity contribution in [3.05, 3.63) is 29.3 Å². The van der Waals surface area contributed by atoms with Crippen LogP contribution in [0.25, 0.3) is 0 Å². The van der Waals surface area contributed by atoms with E-state index in [1.165, 1.54) is 14.0 Å². The number of benzene rings is 1. The van der Waals surface area contributed by atoms with Gasteiger partial charge in [0.15, 0.2) is 0 Å². The average Bonchev–Trinajstić information content (AvgIpc) is 2.90. The number of ether oxygens (including phenoxy) is 1. The fraction of sp³-hybridized carbons (Fsp3) is 0.571. The molecule has 0 aromatic heterocycles. The highest BCUT2D eigenvalue weighted by Crippen LogP contribution is 2.22. The summed E-state index contributed by atoms with van der Waals surface area (Å²) in [4.78, 5) is -0.679. The Morgan fingerprint density at radius 2 is 2.09 bits per heavy atom. The van der Waals surface area contributed by atoms with Gasteiger partial charge in [0, 0.05) is 13.7 Å². The van der Waals surface area contributed by atoms with Gasteiger partial charge in [0.25, 0.3) is 0 Å². The molecule has 1 unspecified atom stereocenters. The molecule has 1 atom stereocenters. The summed E-state index contributed by atoms with van der Waals surface area (Å²) < 4.78 is 59.3. The van der Waals surface area contributed by atoms with Gasteiger partial charge < -0.3 is 10.1 Å². The van der Waals surface area contributed by atoms with Crippen LogP contribution in [0.15, 0.2) is 17.0 Å². The average molecular weight is 334 g/mol. The van der Waals surface area contributed by atoms with Gasteiger partial charge in [-0.2, -0.15) is 0 Å². The highest BCUT2D eigenvalue weighted by Gasteiger charge is 2.35. The second-order valence-electron chi connectivity index (χ2n) is 5.60. The minimum atomic E-state index is -4.13. The topological polar surface area (TPSA) is 67.4 Å². The molecule has 124 valence electrons. The number of sulfonamides is 1. The van der Waals surface area contributed by atoms with Crippen LogP contribution in [-0.4, -0.2) is 40.8 Å². The normalized spacial score (nSPS) is 22.2. The number of halogens is 2. The maximum atomic E-state index is 13.8. The van der Waals surface area contributed by atoms with Gasteiger partial charge in [-0.05, 0) is 44.0 Å². The first-order valence-electron chi connectivity index (χ1n) is 6.99. The third-order valence-electron chi connectivity index (χ3n) is 3.86. The molecule has 0 saturated carbocycles. The van der Waals surface area contributed by atoms with Crippen molar-refractivity contribution in [2.24, 2.45) is 0 Å². The first-order valence-corrected chi connectivity index (χ1v) is 8.47. The van der Waals surface area contributed by atoms with Crippen molar-refractivity contribution in [3.8, 4) is 0 Å². The van der Waals surface area contributed by atoms with E-state index in [2.05, 4.69) is 10.0 Å². The summed E-state index contributed by atoms with van der Waals surface area (Å²) in [5, 5.41) is 3.21. The van der Waals surface area contributed by atoms with Crippen LogP contribution in [-0.2, 0) is 14.8 Å². The Morgan fingerprint density at radius 1 is 1.36 bits per heavy atom. The van der Waals surface area contributed by atoms with E-state index in [4.69, 9.17) is 4.74 Å². The maximum Gasteiger partial charge on any atom is 0.243 e. The molecule has 1 aliphatic rings. The van der Waals surface area contributed by atoms with Crippen molar-refractivity contribution in [3.63, 3.8) is 0 Å². The molecule has 0 spiro atoms. The highest BCUT2D eigenvalue weighted by molar-refractivity contribution is 7.89. The quantitative estimate of drug-likeness (QED) is 0.823. The van der Waals surface area contributed by atoms with Crippen molar-refractivity contribution in [1.82, 2.24) is 10.0 Å². The Morgan fingerprint density at radius 3 is 2.68 bits per heavy atom. The summed E-state index contributed by atoms with van der Waals surface area (Å²) in [6.07, 6.45) is 1.65. The number of hydrogen-bond acceptors (Lipinski definition) is 4. The lowest BCUT2D eigenvalue weighted by Crippen LogP contribution is -2.52. The van der Waals surface area contributed by atoms with E-state index in [9.17, 15) is 17.2 Å². The summed E-state index contributed by atoms with van der Waals surface area (Å²) in [7, 11) is -2.60.